The zero-order valence-electron chi connectivity index (χ0n) is 24.7. The summed E-state index contributed by atoms with van der Waals surface area (Å²) >= 11 is 1.19. The van der Waals surface area contributed by atoms with Gasteiger partial charge in [-0.3, -0.25) is 19.2 Å². The van der Waals surface area contributed by atoms with E-state index in [0.29, 0.717) is 38.4 Å². The van der Waals surface area contributed by atoms with Crippen LogP contribution in [0.2, 0.25) is 0 Å². The quantitative estimate of drug-likeness (QED) is 0.179. The van der Waals surface area contributed by atoms with Gasteiger partial charge in [-0.05, 0) is 17.7 Å². The van der Waals surface area contributed by atoms with Gasteiger partial charge in [0.25, 0.3) is 5.88 Å². The number of ether oxygens (including phenoxy) is 4. The Labute approximate surface area is 256 Å². The van der Waals surface area contributed by atoms with Crippen LogP contribution in [0.1, 0.15) is 53.9 Å². The summed E-state index contributed by atoms with van der Waals surface area (Å²) < 4.78 is 38.4. The van der Waals surface area contributed by atoms with E-state index in [1.165, 1.54) is 44.3 Å². The SMILES string of the molecule is COc1cc2sc(C(=O)C[C@H](C)C(=O)O)cc2nc1OCCCOc1c(OC)cc2c(c1F)CN(C(=O)C[C@H](C)C(=O)O)C2. The molecule has 1 amide bonds. The molecule has 0 spiro atoms. The zero-order chi connectivity index (χ0) is 32.1. The molecule has 0 bridgehead atoms. The Kier molecular flexibility index (Phi) is 10.2. The first kappa shape index (κ1) is 32.5. The smallest absolute Gasteiger partial charge is 0.306 e. The van der Waals surface area contributed by atoms with Crippen molar-refractivity contribution in [3.63, 3.8) is 0 Å². The summed E-state index contributed by atoms with van der Waals surface area (Å²) in [6.45, 7) is 3.26. The Morgan fingerprint density at radius 3 is 2.27 bits per heavy atom. The first-order valence-electron chi connectivity index (χ1n) is 13.8. The number of carboxylic acid groups (broad SMARTS) is 2. The van der Waals surface area contributed by atoms with Crippen LogP contribution in [0, 0.1) is 17.7 Å². The van der Waals surface area contributed by atoms with Crippen molar-refractivity contribution < 1.29 is 52.7 Å². The van der Waals surface area contributed by atoms with Crippen LogP contribution in [0.5, 0.6) is 23.1 Å². The number of aliphatic carboxylic acids is 2. The second kappa shape index (κ2) is 13.9. The first-order valence-corrected chi connectivity index (χ1v) is 14.6. The summed E-state index contributed by atoms with van der Waals surface area (Å²) in [5, 5.41) is 18.2. The summed E-state index contributed by atoms with van der Waals surface area (Å²) in [6, 6.07) is 4.90. The van der Waals surface area contributed by atoms with Gasteiger partial charge in [-0.15, -0.1) is 11.3 Å². The molecule has 2 N–H and O–H groups in total. The molecule has 44 heavy (non-hydrogen) atoms. The van der Waals surface area contributed by atoms with Crippen molar-refractivity contribution in [1.82, 2.24) is 9.88 Å². The van der Waals surface area contributed by atoms with E-state index in [1.54, 1.807) is 18.2 Å². The van der Waals surface area contributed by atoms with Crippen LogP contribution < -0.4 is 18.9 Å². The van der Waals surface area contributed by atoms with Gasteiger partial charge < -0.3 is 34.1 Å². The Bertz CT molecular complexity index is 1590. The van der Waals surface area contributed by atoms with Gasteiger partial charge in [0.2, 0.25) is 5.91 Å². The summed E-state index contributed by atoms with van der Waals surface area (Å²) in [4.78, 5) is 53.6. The number of pyridine rings is 1. The lowest BCUT2D eigenvalue weighted by molar-refractivity contribution is -0.145. The molecule has 2 aromatic heterocycles. The molecule has 0 fully saturated rings. The van der Waals surface area contributed by atoms with Gasteiger partial charge in [0.15, 0.2) is 28.8 Å². The molecule has 1 aromatic carbocycles. The summed E-state index contributed by atoms with van der Waals surface area (Å²) in [5.74, 6) is -4.47. The fraction of sp³-hybridized carbons (Fsp3) is 0.433. The Balaban J connectivity index is 1.37. The van der Waals surface area contributed by atoms with Crippen LogP contribution in [0.3, 0.4) is 0 Å². The molecule has 0 unspecified atom stereocenters. The minimum absolute atomic E-state index is 0.00176. The molecule has 0 saturated carbocycles. The second-order valence-corrected chi connectivity index (χ2v) is 11.5. The summed E-state index contributed by atoms with van der Waals surface area (Å²) in [6.07, 6.45) is 0.0250. The van der Waals surface area contributed by atoms with Gasteiger partial charge in [-0.1, -0.05) is 13.8 Å². The summed E-state index contributed by atoms with van der Waals surface area (Å²) in [7, 11) is 2.84. The van der Waals surface area contributed by atoms with Crippen molar-refractivity contribution in [2.24, 2.45) is 11.8 Å². The van der Waals surface area contributed by atoms with Gasteiger partial charge in [0.1, 0.15) is 0 Å². The number of carboxylic acids is 2. The van der Waals surface area contributed by atoms with Crippen molar-refractivity contribution in [3.8, 4) is 23.1 Å². The van der Waals surface area contributed by atoms with Gasteiger partial charge in [0.05, 0.1) is 54.4 Å². The van der Waals surface area contributed by atoms with E-state index in [4.69, 9.17) is 29.2 Å². The number of thiophene rings is 1. The van der Waals surface area contributed by atoms with E-state index in [1.807, 2.05) is 0 Å². The minimum Gasteiger partial charge on any atom is -0.493 e. The molecule has 1 aliphatic rings. The van der Waals surface area contributed by atoms with Gasteiger partial charge in [-0.25, -0.2) is 9.37 Å². The number of aromatic nitrogens is 1. The maximum atomic E-state index is 15.5. The molecule has 3 heterocycles. The number of carbonyl (C=O) groups is 4. The van der Waals surface area contributed by atoms with Crippen molar-refractivity contribution in [2.75, 3.05) is 27.4 Å². The highest BCUT2D eigenvalue weighted by molar-refractivity contribution is 7.20. The van der Waals surface area contributed by atoms with Gasteiger partial charge in [-0.2, -0.15) is 0 Å². The third-order valence-corrected chi connectivity index (χ3v) is 8.30. The van der Waals surface area contributed by atoms with E-state index in [2.05, 4.69) is 4.98 Å². The average molecular weight is 633 g/mol. The highest BCUT2D eigenvalue weighted by Gasteiger charge is 2.31. The van der Waals surface area contributed by atoms with Crippen molar-refractivity contribution in [3.05, 3.63) is 40.0 Å². The van der Waals surface area contributed by atoms with Crippen molar-refractivity contribution in [1.29, 1.82) is 0 Å². The number of benzene rings is 1. The highest BCUT2D eigenvalue weighted by atomic mass is 32.1. The standard InChI is InChI=1S/C30H33FN2O10S/c1-15(29(36)37)8-20(34)24-11-19-23(44-24)12-22(41-4)28(32-19)43-7-5-6-42-27-21(40-3)10-17-13-33(14-18(17)26(27)31)25(35)9-16(2)30(38)39/h10-12,15-16H,5-9,13-14H2,1-4H3,(H,36,37)(H,38,39)/t15-,16-/m0/s1. The average Bonchev–Trinajstić information content (AvgIpc) is 3.61. The molecule has 3 aromatic rings. The number of Topliss-reactive ketones (excluding diaryl/α,β-unsaturated/α-hetero) is 1. The van der Waals surface area contributed by atoms with Crippen LogP contribution in [-0.4, -0.2) is 71.2 Å². The zero-order valence-corrected chi connectivity index (χ0v) is 25.5. The maximum absolute atomic E-state index is 15.5. The minimum atomic E-state index is -1.07. The predicted molar refractivity (Wildman–Crippen MR) is 156 cm³/mol. The Morgan fingerprint density at radius 1 is 0.955 bits per heavy atom. The van der Waals surface area contributed by atoms with Gasteiger partial charge in [0, 0.05) is 44.0 Å². The lowest BCUT2D eigenvalue weighted by atomic mass is 10.0. The fourth-order valence-corrected chi connectivity index (χ4v) is 5.57. The molecule has 1 aliphatic heterocycles. The van der Waals surface area contributed by atoms with Gasteiger partial charge >= 0.3 is 11.9 Å². The molecule has 0 radical (unpaired) electrons. The second-order valence-electron chi connectivity index (χ2n) is 10.5. The number of nitrogens with zero attached hydrogens (tertiary/aromatic N) is 2. The third-order valence-electron chi connectivity index (χ3n) is 7.18. The number of fused-ring (bicyclic) bond motifs is 2. The molecule has 4 rings (SSSR count). The number of amides is 1. The molecule has 236 valence electrons. The molecule has 14 heteroatoms. The molecular weight excluding hydrogens is 599 g/mol. The van der Waals surface area contributed by atoms with E-state index < -0.39 is 29.6 Å². The molecule has 0 aliphatic carbocycles. The largest absolute Gasteiger partial charge is 0.493 e. The number of hydrogen-bond donors (Lipinski definition) is 2. The lowest BCUT2D eigenvalue weighted by Crippen LogP contribution is -2.28. The molecule has 2 atom stereocenters. The van der Waals surface area contributed by atoms with Crippen molar-refractivity contribution >= 4 is 45.2 Å². The Morgan fingerprint density at radius 2 is 1.61 bits per heavy atom. The van der Waals surface area contributed by atoms with Crippen LogP contribution in [-0.2, 0) is 27.5 Å². The number of halogens is 1. The van der Waals surface area contributed by atoms with Crippen LogP contribution in [0.15, 0.2) is 18.2 Å². The van der Waals surface area contributed by atoms with Crippen LogP contribution in [0.25, 0.3) is 10.2 Å². The fourth-order valence-electron chi connectivity index (χ4n) is 4.59. The molecule has 0 saturated heterocycles. The van der Waals surface area contributed by atoms with E-state index in [-0.39, 0.29) is 68.2 Å². The lowest BCUT2D eigenvalue weighted by Gasteiger charge is -2.16. The highest BCUT2D eigenvalue weighted by Crippen LogP contribution is 2.39. The van der Waals surface area contributed by atoms with E-state index in [9.17, 15) is 19.2 Å². The van der Waals surface area contributed by atoms with E-state index in [0.717, 1.165) is 0 Å². The number of rotatable bonds is 15. The number of methoxy groups -OCH3 is 2. The maximum Gasteiger partial charge on any atom is 0.306 e. The predicted octanol–water partition coefficient (Wildman–Crippen LogP) is 4.55. The van der Waals surface area contributed by atoms with Crippen LogP contribution in [0.4, 0.5) is 4.39 Å². The molecule has 12 nitrogen and oxygen atoms in total. The first-order chi connectivity index (χ1) is 20.9. The number of hydrogen-bond acceptors (Lipinski definition) is 10. The Hall–Kier alpha value is -4.46. The van der Waals surface area contributed by atoms with Crippen LogP contribution >= 0.6 is 11.3 Å². The topological polar surface area (TPSA) is 162 Å². The number of ketones is 1. The third kappa shape index (κ3) is 7.18. The van der Waals surface area contributed by atoms with E-state index >= 15 is 4.39 Å². The number of carbonyl (C=O) groups excluding carboxylic acids is 2. The molecular formula is C30H33FN2O10S. The van der Waals surface area contributed by atoms with Crippen molar-refractivity contribution in [2.45, 2.75) is 46.2 Å². The summed E-state index contributed by atoms with van der Waals surface area (Å²) in [5.41, 5.74) is 1.36. The monoisotopic (exact) mass is 632 g/mol. The normalized spacial score (nSPS) is 13.7.